The minimum absolute atomic E-state index is 0.0205. The highest BCUT2D eigenvalue weighted by Gasteiger charge is 2.30. The third kappa shape index (κ3) is 3.27. The van der Waals surface area contributed by atoms with Crippen molar-refractivity contribution >= 4 is 11.7 Å². The molecule has 0 aromatic heterocycles. The Labute approximate surface area is 104 Å². The Hall–Kier alpha value is -1.95. The molecule has 0 radical (unpaired) electrons. The van der Waals surface area contributed by atoms with Gasteiger partial charge in [0.2, 0.25) is 0 Å². The molecule has 0 aliphatic heterocycles. The molecule has 18 heavy (non-hydrogen) atoms. The second kappa shape index (κ2) is 5.14. The van der Waals surface area contributed by atoms with E-state index < -0.39 is 10.9 Å². The molecular weight excluding hydrogens is 236 g/mol. The van der Waals surface area contributed by atoms with Crippen molar-refractivity contribution in [2.45, 2.75) is 25.4 Å². The second-order valence-electron chi connectivity index (χ2n) is 4.46. The summed E-state index contributed by atoms with van der Waals surface area (Å²) in [6.45, 7) is 0.423. The van der Waals surface area contributed by atoms with Gasteiger partial charge in [-0.2, -0.15) is 0 Å². The summed E-state index contributed by atoms with van der Waals surface area (Å²) >= 11 is 0. The van der Waals surface area contributed by atoms with Gasteiger partial charge in [0.1, 0.15) is 0 Å². The summed E-state index contributed by atoms with van der Waals surface area (Å²) in [6.07, 6.45) is 2.00. The quantitative estimate of drug-likeness (QED) is 0.613. The number of hydrogen-bond acceptors (Lipinski definition) is 4. The van der Waals surface area contributed by atoms with E-state index in [0.29, 0.717) is 12.6 Å². The van der Waals surface area contributed by atoms with Crippen molar-refractivity contribution < 1.29 is 14.8 Å². The second-order valence-corrected chi connectivity index (χ2v) is 4.46. The molecular formula is C12H14N2O4. The van der Waals surface area contributed by atoms with Crippen molar-refractivity contribution in [1.29, 1.82) is 0 Å². The van der Waals surface area contributed by atoms with Gasteiger partial charge in [0, 0.05) is 24.7 Å². The number of carbonyl (C=O) groups is 1. The molecule has 1 saturated carbocycles. The van der Waals surface area contributed by atoms with Crippen LogP contribution in [-0.4, -0.2) is 33.5 Å². The fraction of sp³-hybridized carbons (Fsp3) is 0.417. The number of benzene rings is 1. The van der Waals surface area contributed by atoms with Crippen LogP contribution in [0.3, 0.4) is 0 Å². The number of nitro benzene ring substituents is 1. The molecule has 0 saturated heterocycles. The SMILES string of the molecule is O=C(O)CN(Cc1cccc([N+](=O)[O-])c1)C1CC1. The minimum Gasteiger partial charge on any atom is -0.480 e. The average molecular weight is 250 g/mol. The van der Waals surface area contributed by atoms with E-state index in [1.54, 1.807) is 12.1 Å². The van der Waals surface area contributed by atoms with Gasteiger partial charge < -0.3 is 5.11 Å². The van der Waals surface area contributed by atoms with Gasteiger partial charge in [-0.1, -0.05) is 12.1 Å². The lowest BCUT2D eigenvalue weighted by Crippen LogP contribution is -2.31. The maximum absolute atomic E-state index is 10.8. The maximum atomic E-state index is 10.8. The molecule has 0 amide bonds. The molecule has 1 aromatic carbocycles. The van der Waals surface area contributed by atoms with Gasteiger partial charge in [-0.25, -0.2) is 0 Å². The summed E-state index contributed by atoms with van der Waals surface area (Å²) < 4.78 is 0. The Morgan fingerprint density at radius 1 is 1.50 bits per heavy atom. The lowest BCUT2D eigenvalue weighted by Gasteiger charge is -2.19. The van der Waals surface area contributed by atoms with Crippen molar-refractivity contribution in [2.75, 3.05) is 6.54 Å². The van der Waals surface area contributed by atoms with Crippen molar-refractivity contribution in [1.82, 2.24) is 4.90 Å². The van der Waals surface area contributed by atoms with Crippen LogP contribution in [0.1, 0.15) is 18.4 Å². The highest BCUT2D eigenvalue weighted by molar-refractivity contribution is 5.69. The van der Waals surface area contributed by atoms with Gasteiger partial charge in [0.05, 0.1) is 11.5 Å². The molecule has 0 heterocycles. The van der Waals surface area contributed by atoms with E-state index >= 15 is 0 Å². The number of nitro groups is 1. The van der Waals surface area contributed by atoms with Crippen molar-refractivity contribution in [2.24, 2.45) is 0 Å². The van der Waals surface area contributed by atoms with Crippen LogP contribution in [0.25, 0.3) is 0 Å². The smallest absolute Gasteiger partial charge is 0.317 e. The molecule has 1 N–H and O–H groups in total. The highest BCUT2D eigenvalue weighted by Crippen LogP contribution is 2.28. The summed E-state index contributed by atoms with van der Waals surface area (Å²) in [5.41, 5.74) is 0.816. The van der Waals surface area contributed by atoms with Gasteiger partial charge in [-0.05, 0) is 18.4 Å². The summed E-state index contributed by atoms with van der Waals surface area (Å²) in [4.78, 5) is 22.8. The Kier molecular flexibility index (Phi) is 3.57. The Morgan fingerprint density at radius 2 is 2.22 bits per heavy atom. The monoisotopic (exact) mass is 250 g/mol. The van der Waals surface area contributed by atoms with Crippen LogP contribution in [0.15, 0.2) is 24.3 Å². The standard InChI is InChI=1S/C12H14N2O4/c15-12(16)8-13(10-4-5-10)7-9-2-1-3-11(6-9)14(17)18/h1-3,6,10H,4-5,7-8H2,(H,15,16). The van der Waals surface area contributed by atoms with Crippen LogP contribution in [-0.2, 0) is 11.3 Å². The molecule has 6 nitrogen and oxygen atoms in total. The predicted octanol–water partition coefficient (Wildman–Crippen LogP) is 1.64. The van der Waals surface area contributed by atoms with Crippen LogP contribution in [0, 0.1) is 10.1 Å². The summed E-state index contributed by atoms with van der Waals surface area (Å²) in [5, 5.41) is 19.5. The van der Waals surface area contributed by atoms with Gasteiger partial charge in [-0.15, -0.1) is 0 Å². The first kappa shape index (κ1) is 12.5. The minimum atomic E-state index is -0.868. The van der Waals surface area contributed by atoms with E-state index in [0.717, 1.165) is 18.4 Å². The summed E-state index contributed by atoms with van der Waals surface area (Å²) in [6, 6.07) is 6.64. The van der Waals surface area contributed by atoms with Crippen molar-refractivity contribution in [3.05, 3.63) is 39.9 Å². The summed E-state index contributed by atoms with van der Waals surface area (Å²) in [5.74, 6) is -0.868. The third-order valence-electron chi connectivity index (χ3n) is 2.91. The molecule has 1 aliphatic rings. The number of carboxylic acids is 1. The Morgan fingerprint density at radius 3 is 2.78 bits per heavy atom. The molecule has 6 heteroatoms. The van der Waals surface area contributed by atoms with Crippen LogP contribution in [0.4, 0.5) is 5.69 Å². The normalized spacial score (nSPS) is 14.7. The third-order valence-corrected chi connectivity index (χ3v) is 2.91. The highest BCUT2D eigenvalue weighted by atomic mass is 16.6. The van der Waals surface area contributed by atoms with Gasteiger partial charge >= 0.3 is 5.97 Å². The number of non-ortho nitro benzene ring substituents is 1. The zero-order valence-electron chi connectivity index (χ0n) is 9.78. The number of nitrogens with zero attached hydrogens (tertiary/aromatic N) is 2. The van der Waals surface area contributed by atoms with E-state index in [1.165, 1.54) is 12.1 Å². The molecule has 1 fully saturated rings. The molecule has 0 unspecified atom stereocenters. The molecule has 0 atom stereocenters. The van der Waals surface area contributed by atoms with E-state index in [-0.39, 0.29) is 12.2 Å². The molecule has 1 aliphatic carbocycles. The average Bonchev–Trinajstić information content (AvgIpc) is 3.11. The van der Waals surface area contributed by atoms with E-state index in [9.17, 15) is 14.9 Å². The van der Waals surface area contributed by atoms with E-state index in [4.69, 9.17) is 5.11 Å². The Bertz CT molecular complexity index is 471. The molecule has 0 bridgehead atoms. The zero-order chi connectivity index (χ0) is 13.1. The first-order chi connectivity index (χ1) is 8.56. The first-order valence-electron chi connectivity index (χ1n) is 5.75. The molecule has 1 aromatic rings. The molecule has 2 rings (SSSR count). The van der Waals surface area contributed by atoms with Crippen LogP contribution in [0.5, 0.6) is 0 Å². The van der Waals surface area contributed by atoms with E-state index in [2.05, 4.69) is 0 Å². The Balaban J connectivity index is 2.08. The molecule has 96 valence electrons. The topological polar surface area (TPSA) is 83.7 Å². The largest absolute Gasteiger partial charge is 0.480 e. The number of rotatable bonds is 6. The van der Waals surface area contributed by atoms with Crippen molar-refractivity contribution in [3.8, 4) is 0 Å². The number of carboxylic acid groups (broad SMARTS) is 1. The van der Waals surface area contributed by atoms with E-state index in [1.807, 2.05) is 4.90 Å². The van der Waals surface area contributed by atoms with Gasteiger partial charge in [0.25, 0.3) is 5.69 Å². The zero-order valence-corrected chi connectivity index (χ0v) is 9.78. The lowest BCUT2D eigenvalue weighted by molar-refractivity contribution is -0.384. The van der Waals surface area contributed by atoms with Crippen LogP contribution >= 0.6 is 0 Å². The maximum Gasteiger partial charge on any atom is 0.317 e. The molecule has 0 spiro atoms. The summed E-state index contributed by atoms with van der Waals surface area (Å²) in [7, 11) is 0. The fourth-order valence-corrected chi connectivity index (χ4v) is 1.93. The van der Waals surface area contributed by atoms with Gasteiger partial charge in [-0.3, -0.25) is 19.8 Å². The lowest BCUT2D eigenvalue weighted by atomic mass is 10.2. The van der Waals surface area contributed by atoms with Crippen molar-refractivity contribution in [3.63, 3.8) is 0 Å². The van der Waals surface area contributed by atoms with Gasteiger partial charge in [0.15, 0.2) is 0 Å². The fourth-order valence-electron chi connectivity index (χ4n) is 1.93. The predicted molar refractivity (Wildman–Crippen MR) is 64.2 cm³/mol. The van der Waals surface area contributed by atoms with Crippen LogP contribution < -0.4 is 0 Å². The number of hydrogen-bond donors (Lipinski definition) is 1. The van der Waals surface area contributed by atoms with Crippen LogP contribution in [0.2, 0.25) is 0 Å². The first-order valence-corrected chi connectivity index (χ1v) is 5.75. The number of aliphatic carboxylic acids is 1.